The van der Waals surface area contributed by atoms with E-state index in [4.69, 9.17) is 16.3 Å². The summed E-state index contributed by atoms with van der Waals surface area (Å²) < 4.78 is 7.84. The number of aryl methyl sites for hydroxylation is 1. The fourth-order valence-corrected chi connectivity index (χ4v) is 3.46. The Balaban J connectivity index is 1.62. The van der Waals surface area contributed by atoms with Crippen molar-refractivity contribution >= 4 is 23.2 Å². The molecule has 0 spiro atoms. The van der Waals surface area contributed by atoms with Gasteiger partial charge in [0.2, 0.25) is 11.8 Å². The Bertz CT molecular complexity index is 755. The number of ether oxygens (including phenoxy) is 1. The lowest BCUT2D eigenvalue weighted by Crippen LogP contribution is -2.31. The molecule has 0 atom stereocenters. The van der Waals surface area contributed by atoms with Crippen LogP contribution in [-0.2, 0) is 0 Å². The number of nitrogens with zero attached hydrogens (tertiary/aromatic N) is 4. The summed E-state index contributed by atoms with van der Waals surface area (Å²) in [5.74, 6) is 1.43. The van der Waals surface area contributed by atoms with Gasteiger partial charge in [-0.25, -0.2) is 4.98 Å². The number of halogens is 1. The third-order valence-corrected chi connectivity index (χ3v) is 5.37. The summed E-state index contributed by atoms with van der Waals surface area (Å²) in [6.07, 6.45) is 8.23. The van der Waals surface area contributed by atoms with Crippen LogP contribution in [0.4, 0.5) is 11.6 Å². The minimum absolute atomic E-state index is 0.294. The van der Waals surface area contributed by atoms with Crippen LogP contribution in [0.3, 0.4) is 0 Å². The van der Waals surface area contributed by atoms with E-state index in [2.05, 4.69) is 39.5 Å². The van der Waals surface area contributed by atoms with Crippen LogP contribution in [0.2, 0.25) is 5.02 Å². The maximum Gasteiger partial charge on any atom is 0.237 e. The lowest BCUT2D eigenvalue weighted by atomic mass is 9.87. The van der Waals surface area contributed by atoms with E-state index >= 15 is 0 Å². The van der Waals surface area contributed by atoms with Gasteiger partial charge in [0.05, 0.1) is 24.2 Å². The quantitative estimate of drug-likeness (QED) is 0.738. The van der Waals surface area contributed by atoms with Gasteiger partial charge in [-0.3, -0.25) is 4.68 Å². The third kappa shape index (κ3) is 5.11. The molecule has 0 unspecified atom stereocenters. The van der Waals surface area contributed by atoms with Gasteiger partial charge in [0.1, 0.15) is 5.02 Å². The van der Waals surface area contributed by atoms with Crippen molar-refractivity contribution in [3.05, 3.63) is 23.1 Å². The van der Waals surface area contributed by atoms with Crippen molar-refractivity contribution in [1.29, 1.82) is 0 Å². The van der Waals surface area contributed by atoms with Crippen molar-refractivity contribution in [2.45, 2.75) is 58.5 Å². The van der Waals surface area contributed by atoms with Crippen molar-refractivity contribution in [1.82, 2.24) is 25.1 Å². The van der Waals surface area contributed by atoms with Crippen molar-refractivity contribution in [3.8, 4) is 5.88 Å². The molecule has 0 amide bonds. The highest BCUT2D eigenvalue weighted by molar-refractivity contribution is 6.31. The van der Waals surface area contributed by atoms with Crippen molar-refractivity contribution in [2.75, 3.05) is 19.0 Å². The van der Waals surface area contributed by atoms with Crippen LogP contribution in [0.15, 0.2) is 12.4 Å². The normalized spacial score (nSPS) is 20.1. The number of hydrogen-bond donors (Lipinski definition) is 2. The summed E-state index contributed by atoms with van der Waals surface area (Å²) in [7, 11) is 2.03. The first kappa shape index (κ1) is 19.9. The highest BCUT2D eigenvalue weighted by Gasteiger charge is 2.21. The van der Waals surface area contributed by atoms with Crippen LogP contribution >= 0.6 is 11.6 Å². The minimum Gasteiger partial charge on any atom is -0.476 e. The highest BCUT2D eigenvalue weighted by Crippen LogP contribution is 2.28. The highest BCUT2D eigenvalue weighted by atomic mass is 35.5. The Hall–Kier alpha value is -1.86. The summed E-state index contributed by atoms with van der Waals surface area (Å²) >= 11 is 6.24. The van der Waals surface area contributed by atoms with Gasteiger partial charge in [-0.2, -0.15) is 10.1 Å². The zero-order chi connectivity index (χ0) is 19.4. The molecule has 7 nitrogen and oxygen atoms in total. The fraction of sp³-hybridized carbons (Fsp3) is 0.632. The molecule has 27 heavy (non-hydrogen) atoms. The molecule has 0 aliphatic heterocycles. The Morgan fingerprint density at radius 3 is 2.67 bits per heavy atom. The standard InChI is InChI=1S/C19H29ClN6O/c1-12(2)26-10-17(13(3)25-26)23-19-22-9-16(20)18(24-19)27-11-14-5-7-15(21-4)8-6-14/h9-10,12,14-15,21H,5-8,11H2,1-4H3,(H,22,23,24)/t14-,15-. The molecule has 1 fully saturated rings. The second-order valence-corrected chi connectivity index (χ2v) is 7.90. The molecule has 2 N–H and O–H groups in total. The molecular formula is C19H29ClN6O. The maximum absolute atomic E-state index is 6.24. The molecular weight excluding hydrogens is 364 g/mol. The van der Waals surface area contributed by atoms with Gasteiger partial charge in [0, 0.05) is 18.3 Å². The number of hydrogen-bond acceptors (Lipinski definition) is 6. The first-order valence-corrected chi connectivity index (χ1v) is 9.99. The molecule has 0 radical (unpaired) electrons. The van der Waals surface area contributed by atoms with Gasteiger partial charge in [-0.05, 0) is 59.4 Å². The van der Waals surface area contributed by atoms with E-state index < -0.39 is 0 Å². The van der Waals surface area contributed by atoms with Crippen LogP contribution in [0.25, 0.3) is 0 Å². The molecule has 2 heterocycles. The Kier molecular flexibility index (Phi) is 6.55. The number of nitrogens with one attached hydrogen (secondary N) is 2. The van der Waals surface area contributed by atoms with Gasteiger partial charge in [-0.15, -0.1) is 0 Å². The van der Waals surface area contributed by atoms with E-state index in [0.717, 1.165) is 24.2 Å². The van der Waals surface area contributed by atoms with Crippen LogP contribution in [-0.4, -0.2) is 39.4 Å². The lowest BCUT2D eigenvalue weighted by Gasteiger charge is -2.28. The molecule has 2 aromatic heterocycles. The maximum atomic E-state index is 6.24. The zero-order valence-electron chi connectivity index (χ0n) is 16.5. The Labute approximate surface area is 165 Å². The van der Waals surface area contributed by atoms with Gasteiger partial charge in [0.15, 0.2) is 0 Å². The SMILES string of the molecule is CN[C@H]1CC[C@H](COc2nc(Nc3cn(C(C)C)nc3C)ncc2Cl)CC1. The molecule has 0 saturated heterocycles. The predicted octanol–water partition coefficient (Wildman–Crippen LogP) is 4.12. The average Bonchev–Trinajstić information content (AvgIpc) is 3.03. The third-order valence-electron chi connectivity index (χ3n) is 5.11. The minimum atomic E-state index is 0.294. The number of aromatic nitrogens is 4. The number of rotatable bonds is 7. The van der Waals surface area contributed by atoms with Crippen molar-refractivity contribution in [2.24, 2.45) is 5.92 Å². The topological polar surface area (TPSA) is 76.9 Å². The molecule has 1 aliphatic rings. The van der Waals surface area contributed by atoms with Gasteiger partial charge in [0.25, 0.3) is 0 Å². The second kappa shape index (κ2) is 8.89. The van der Waals surface area contributed by atoms with Gasteiger partial charge < -0.3 is 15.4 Å². The molecule has 0 bridgehead atoms. The van der Waals surface area contributed by atoms with Crippen LogP contribution < -0.4 is 15.4 Å². The Morgan fingerprint density at radius 2 is 2.04 bits per heavy atom. The molecule has 1 aliphatic carbocycles. The summed E-state index contributed by atoms with van der Waals surface area (Å²) in [6.45, 7) is 6.77. The molecule has 1 saturated carbocycles. The van der Waals surface area contributed by atoms with E-state index in [1.165, 1.54) is 12.8 Å². The van der Waals surface area contributed by atoms with E-state index in [1.54, 1.807) is 6.20 Å². The fourth-order valence-electron chi connectivity index (χ4n) is 3.32. The van der Waals surface area contributed by atoms with E-state index in [9.17, 15) is 0 Å². The first-order valence-electron chi connectivity index (χ1n) is 9.61. The molecule has 3 rings (SSSR count). The summed E-state index contributed by atoms with van der Waals surface area (Å²) in [5, 5.41) is 11.5. The number of anilines is 2. The van der Waals surface area contributed by atoms with Crippen LogP contribution in [0.1, 0.15) is 51.3 Å². The van der Waals surface area contributed by atoms with Gasteiger partial charge in [-0.1, -0.05) is 11.6 Å². The summed E-state index contributed by atoms with van der Waals surface area (Å²) in [6, 6.07) is 0.928. The monoisotopic (exact) mass is 392 g/mol. The zero-order valence-corrected chi connectivity index (χ0v) is 17.3. The van der Waals surface area contributed by atoms with Crippen LogP contribution in [0, 0.1) is 12.8 Å². The first-order chi connectivity index (χ1) is 13.0. The molecule has 148 valence electrons. The van der Waals surface area contributed by atoms with Crippen molar-refractivity contribution in [3.63, 3.8) is 0 Å². The average molecular weight is 393 g/mol. The van der Waals surface area contributed by atoms with Crippen molar-refractivity contribution < 1.29 is 4.74 Å². The van der Waals surface area contributed by atoms with E-state index in [0.29, 0.717) is 41.5 Å². The van der Waals surface area contributed by atoms with E-state index in [1.807, 2.05) is 24.9 Å². The molecule has 2 aromatic rings. The second-order valence-electron chi connectivity index (χ2n) is 7.49. The Morgan fingerprint density at radius 1 is 1.30 bits per heavy atom. The summed E-state index contributed by atoms with van der Waals surface area (Å²) in [5.41, 5.74) is 1.77. The molecule has 0 aromatic carbocycles. The van der Waals surface area contributed by atoms with E-state index in [-0.39, 0.29) is 0 Å². The smallest absolute Gasteiger partial charge is 0.237 e. The molecule has 8 heteroatoms. The van der Waals surface area contributed by atoms with Crippen LogP contribution in [0.5, 0.6) is 5.88 Å². The predicted molar refractivity (Wildman–Crippen MR) is 108 cm³/mol. The summed E-state index contributed by atoms with van der Waals surface area (Å²) in [4.78, 5) is 8.72. The lowest BCUT2D eigenvalue weighted by molar-refractivity contribution is 0.189. The largest absolute Gasteiger partial charge is 0.476 e. The van der Waals surface area contributed by atoms with Gasteiger partial charge >= 0.3 is 0 Å².